The summed E-state index contributed by atoms with van der Waals surface area (Å²) in [6, 6.07) is 3.62. The molecule has 72 valence electrons. The van der Waals surface area contributed by atoms with Gasteiger partial charge in [0, 0.05) is 6.20 Å². The number of anilines is 1. The standard InChI is InChI=1S/C8H8N4OS/c1-13-5-3-2-4-10-6(5)7-11-12-8(9)14-7/h2-4H,1H3,(H2,9,12). The second kappa shape index (κ2) is 3.59. The molecule has 0 fully saturated rings. The van der Waals surface area contributed by atoms with Crippen LogP contribution in [0, 0.1) is 0 Å². The number of hydrogen-bond donors (Lipinski definition) is 1. The highest BCUT2D eigenvalue weighted by atomic mass is 32.1. The van der Waals surface area contributed by atoms with E-state index in [0.717, 1.165) is 0 Å². The first-order chi connectivity index (χ1) is 6.81. The molecule has 0 radical (unpaired) electrons. The molecular weight excluding hydrogens is 200 g/mol. The number of nitrogens with zero attached hydrogens (tertiary/aromatic N) is 3. The second-order valence-corrected chi connectivity index (χ2v) is 3.51. The molecule has 2 rings (SSSR count). The Labute approximate surface area is 84.6 Å². The molecule has 0 aliphatic heterocycles. The molecule has 2 N–H and O–H groups in total. The molecule has 0 amide bonds. The second-order valence-electron chi connectivity index (χ2n) is 2.50. The number of nitrogens with two attached hydrogens (primary N) is 1. The maximum atomic E-state index is 5.48. The molecule has 0 unspecified atom stereocenters. The van der Waals surface area contributed by atoms with Crippen LogP contribution in [0.4, 0.5) is 5.13 Å². The van der Waals surface area contributed by atoms with Gasteiger partial charge in [-0.05, 0) is 12.1 Å². The number of hydrogen-bond acceptors (Lipinski definition) is 6. The van der Waals surface area contributed by atoms with Gasteiger partial charge in [0.05, 0.1) is 7.11 Å². The van der Waals surface area contributed by atoms with E-state index in [9.17, 15) is 0 Å². The SMILES string of the molecule is COc1cccnc1-c1nnc(N)s1. The third kappa shape index (κ3) is 1.51. The Hall–Kier alpha value is -1.69. The van der Waals surface area contributed by atoms with E-state index >= 15 is 0 Å². The van der Waals surface area contributed by atoms with Crippen molar-refractivity contribution < 1.29 is 4.74 Å². The molecule has 0 bridgehead atoms. The lowest BCUT2D eigenvalue weighted by molar-refractivity contribution is 0.415. The van der Waals surface area contributed by atoms with E-state index in [1.807, 2.05) is 6.07 Å². The van der Waals surface area contributed by atoms with Crippen LogP contribution in [0.3, 0.4) is 0 Å². The Morgan fingerprint density at radius 2 is 2.29 bits per heavy atom. The molecule has 0 saturated carbocycles. The number of nitrogen functional groups attached to an aromatic ring is 1. The zero-order valence-electron chi connectivity index (χ0n) is 7.47. The minimum atomic E-state index is 0.424. The first-order valence-electron chi connectivity index (χ1n) is 3.89. The van der Waals surface area contributed by atoms with Gasteiger partial charge in [0.1, 0.15) is 11.4 Å². The van der Waals surface area contributed by atoms with Crippen molar-refractivity contribution in [3.05, 3.63) is 18.3 Å². The van der Waals surface area contributed by atoms with Crippen molar-refractivity contribution >= 4 is 16.5 Å². The summed E-state index contributed by atoms with van der Waals surface area (Å²) in [4.78, 5) is 4.16. The maximum absolute atomic E-state index is 5.48. The van der Waals surface area contributed by atoms with Gasteiger partial charge >= 0.3 is 0 Å². The molecule has 6 heteroatoms. The summed E-state index contributed by atoms with van der Waals surface area (Å²) in [7, 11) is 1.59. The lowest BCUT2D eigenvalue weighted by atomic mass is 10.3. The van der Waals surface area contributed by atoms with Crippen molar-refractivity contribution in [2.75, 3.05) is 12.8 Å². The van der Waals surface area contributed by atoms with Crippen LogP contribution >= 0.6 is 11.3 Å². The topological polar surface area (TPSA) is 73.9 Å². The Morgan fingerprint density at radius 1 is 1.43 bits per heavy atom. The maximum Gasteiger partial charge on any atom is 0.203 e. The van der Waals surface area contributed by atoms with E-state index in [0.29, 0.717) is 21.6 Å². The summed E-state index contributed by atoms with van der Waals surface area (Å²) in [5.74, 6) is 0.670. The van der Waals surface area contributed by atoms with E-state index < -0.39 is 0 Å². The van der Waals surface area contributed by atoms with Crippen LogP contribution in [-0.4, -0.2) is 22.3 Å². The van der Waals surface area contributed by atoms with Crippen LogP contribution in [0.2, 0.25) is 0 Å². The average Bonchev–Trinajstić information content (AvgIpc) is 2.65. The van der Waals surface area contributed by atoms with Crippen LogP contribution < -0.4 is 10.5 Å². The molecule has 2 heterocycles. The van der Waals surface area contributed by atoms with E-state index in [1.165, 1.54) is 11.3 Å². The predicted molar refractivity (Wildman–Crippen MR) is 54.1 cm³/mol. The third-order valence-electron chi connectivity index (χ3n) is 1.63. The smallest absolute Gasteiger partial charge is 0.203 e. The van der Waals surface area contributed by atoms with Gasteiger partial charge < -0.3 is 10.5 Å². The first-order valence-corrected chi connectivity index (χ1v) is 4.71. The summed E-state index contributed by atoms with van der Waals surface area (Å²) in [6.45, 7) is 0. The minimum absolute atomic E-state index is 0.424. The molecule has 2 aromatic heterocycles. The van der Waals surface area contributed by atoms with Gasteiger partial charge in [0.2, 0.25) is 5.13 Å². The van der Waals surface area contributed by atoms with Gasteiger partial charge in [0.15, 0.2) is 5.01 Å². The fourth-order valence-corrected chi connectivity index (χ4v) is 1.66. The summed E-state index contributed by atoms with van der Waals surface area (Å²) < 4.78 is 5.14. The normalized spacial score (nSPS) is 10.1. The summed E-state index contributed by atoms with van der Waals surface area (Å²) >= 11 is 1.28. The number of pyridine rings is 1. The van der Waals surface area contributed by atoms with Crippen molar-refractivity contribution in [1.29, 1.82) is 0 Å². The summed E-state index contributed by atoms with van der Waals surface area (Å²) in [5.41, 5.74) is 6.15. The number of methoxy groups -OCH3 is 1. The van der Waals surface area contributed by atoms with Gasteiger partial charge in [-0.1, -0.05) is 11.3 Å². The van der Waals surface area contributed by atoms with Gasteiger partial charge in [-0.2, -0.15) is 0 Å². The molecule has 0 atom stereocenters. The number of ether oxygens (including phenoxy) is 1. The third-order valence-corrected chi connectivity index (χ3v) is 2.39. The molecule has 5 nitrogen and oxygen atoms in total. The zero-order chi connectivity index (χ0) is 9.97. The minimum Gasteiger partial charge on any atom is -0.494 e. The largest absolute Gasteiger partial charge is 0.494 e. The molecule has 14 heavy (non-hydrogen) atoms. The lowest BCUT2D eigenvalue weighted by Crippen LogP contribution is -1.89. The van der Waals surface area contributed by atoms with E-state index in [2.05, 4.69) is 15.2 Å². The average molecular weight is 208 g/mol. The van der Waals surface area contributed by atoms with Gasteiger partial charge in [0.25, 0.3) is 0 Å². The highest BCUT2D eigenvalue weighted by Gasteiger charge is 2.10. The van der Waals surface area contributed by atoms with Gasteiger partial charge in [-0.3, -0.25) is 0 Å². The van der Waals surface area contributed by atoms with E-state index in [-0.39, 0.29) is 0 Å². The fraction of sp³-hybridized carbons (Fsp3) is 0.125. The fourth-order valence-electron chi connectivity index (χ4n) is 1.05. The predicted octanol–water partition coefficient (Wildman–Crippen LogP) is 1.19. The molecule has 0 saturated heterocycles. The monoisotopic (exact) mass is 208 g/mol. The van der Waals surface area contributed by atoms with Crippen molar-refractivity contribution in [3.8, 4) is 16.5 Å². The Morgan fingerprint density at radius 3 is 2.93 bits per heavy atom. The highest BCUT2D eigenvalue weighted by molar-refractivity contribution is 7.18. The lowest BCUT2D eigenvalue weighted by Gasteiger charge is -2.02. The van der Waals surface area contributed by atoms with E-state index in [1.54, 1.807) is 19.4 Å². The molecule has 2 aromatic rings. The first kappa shape index (κ1) is 8.89. The summed E-state index contributed by atoms with van der Waals surface area (Å²) in [6.07, 6.45) is 1.68. The Balaban J connectivity index is 2.50. The van der Waals surface area contributed by atoms with Crippen molar-refractivity contribution in [3.63, 3.8) is 0 Å². The molecular formula is C8H8N4OS. The number of rotatable bonds is 2. The summed E-state index contributed by atoms with van der Waals surface area (Å²) in [5, 5.41) is 8.71. The van der Waals surface area contributed by atoms with Crippen molar-refractivity contribution in [1.82, 2.24) is 15.2 Å². The molecule has 0 aromatic carbocycles. The van der Waals surface area contributed by atoms with Crippen molar-refractivity contribution in [2.24, 2.45) is 0 Å². The van der Waals surface area contributed by atoms with Crippen LogP contribution in [-0.2, 0) is 0 Å². The van der Waals surface area contributed by atoms with Crippen LogP contribution in [0.15, 0.2) is 18.3 Å². The molecule has 0 spiro atoms. The number of aromatic nitrogens is 3. The molecule has 0 aliphatic rings. The van der Waals surface area contributed by atoms with Gasteiger partial charge in [-0.15, -0.1) is 10.2 Å². The van der Waals surface area contributed by atoms with Crippen LogP contribution in [0.1, 0.15) is 0 Å². The van der Waals surface area contributed by atoms with Crippen LogP contribution in [0.25, 0.3) is 10.7 Å². The Bertz CT molecular complexity index is 442. The van der Waals surface area contributed by atoms with Crippen molar-refractivity contribution in [2.45, 2.75) is 0 Å². The zero-order valence-corrected chi connectivity index (χ0v) is 8.28. The highest BCUT2D eigenvalue weighted by Crippen LogP contribution is 2.29. The van der Waals surface area contributed by atoms with Gasteiger partial charge in [-0.25, -0.2) is 4.98 Å². The Kier molecular flexibility index (Phi) is 2.28. The van der Waals surface area contributed by atoms with Crippen LogP contribution in [0.5, 0.6) is 5.75 Å². The van der Waals surface area contributed by atoms with E-state index in [4.69, 9.17) is 10.5 Å². The quantitative estimate of drug-likeness (QED) is 0.802. The molecule has 0 aliphatic carbocycles.